The number of rotatable bonds is 4. The maximum absolute atomic E-state index is 5.41. The molecular weight excluding hydrogens is 340 g/mol. The summed E-state index contributed by atoms with van der Waals surface area (Å²) < 4.78 is 10.7. The first-order valence-corrected chi connectivity index (χ1v) is 8.85. The van der Waals surface area contributed by atoms with Crippen LogP contribution in [0.15, 0.2) is 54.7 Å². The second-order valence-electron chi connectivity index (χ2n) is 7.41. The van der Waals surface area contributed by atoms with Gasteiger partial charge >= 0.3 is 0 Å². The molecule has 0 aliphatic carbocycles. The first-order chi connectivity index (χ1) is 13.0. The highest BCUT2D eigenvalue weighted by atomic mass is 16.7. The summed E-state index contributed by atoms with van der Waals surface area (Å²) in [6.45, 7) is 6.85. The van der Waals surface area contributed by atoms with E-state index in [1.807, 2.05) is 36.4 Å². The highest BCUT2D eigenvalue weighted by Crippen LogP contribution is 2.35. The minimum Gasteiger partial charge on any atom is -0.454 e. The number of anilines is 4. The van der Waals surface area contributed by atoms with Crippen LogP contribution in [0.4, 0.5) is 23.1 Å². The molecule has 0 fully saturated rings. The molecule has 0 radical (unpaired) electrons. The lowest BCUT2D eigenvalue weighted by Gasteiger charge is -2.19. The van der Waals surface area contributed by atoms with Gasteiger partial charge in [0, 0.05) is 23.6 Å². The molecule has 0 atom stereocenters. The Labute approximate surface area is 158 Å². The number of fused-ring (bicyclic) bond motifs is 1. The van der Waals surface area contributed by atoms with Gasteiger partial charge in [0.1, 0.15) is 5.82 Å². The number of ether oxygens (including phenoxy) is 2. The van der Waals surface area contributed by atoms with E-state index in [2.05, 4.69) is 53.5 Å². The van der Waals surface area contributed by atoms with Crippen molar-refractivity contribution >= 4 is 23.1 Å². The van der Waals surface area contributed by atoms with E-state index in [-0.39, 0.29) is 12.2 Å². The number of aromatic nitrogens is 2. The molecule has 2 heterocycles. The van der Waals surface area contributed by atoms with Crippen LogP contribution in [-0.4, -0.2) is 16.8 Å². The number of nitrogens with zero attached hydrogens (tertiary/aromatic N) is 2. The highest BCUT2D eigenvalue weighted by molar-refractivity contribution is 5.63. The quantitative estimate of drug-likeness (QED) is 0.681. The van der Waals surface area contributed by atoms with Gasteiger partial charge in [0.15, 0.2) is 11.5 Å². The first kappa shape index (κ1) is 17.1. The van der Waals surface area contributed by atoms with Crippen molar-refractivity contribution in [1.29, 1.82) is 0 Å². The van der Waals surface area contributed by atoms with Crippen LogP contribution in [0.25, 0.3) is 0 Å². The molecule has 6 nitrogen and oxygen atoms in total. The zero-order chi connectivity index (χ0) is 18.9. The van der Waals surface area contributed by atoms with Crippen molar-refractivity contribution in [2.45, 2.75) is 26.2 Å². The zero-order valence-electron chi connectivity index (χ0n) is 15.6. The van der Waals surface area contributed by atoms with E-state index in [9.17, 15) is 0 Å². The lowest BCUT2D eigenvalue weighted by molar-refractivity contribution is 0.174. The molecule has 2 aromatic carbocycles. The molecule has 0 unspecified atom stereocenters. The summed E-state index contributed by atoms with van der Waals surface area (Å²) in [5, 5.41) is 6.51. The molecule has 2 N–H and O–H groups in total. The topological polar surface area (TPSA) is 68.3 Å². The van der Waals surface area contributed by atoms with Crippen molar-refractivity contribution < 1.29 is 9.47 Å². The molecule has 1 aliphatic heterocycles. The highest BCUT2D eigenvalue weighted by Gasteiger charge is 2.14. The van der Waals surface area contributed by atoms with Gasteiger partial charge in [0.25, 0.3) is 0 Å². The molecule has 4 rings (SSSR count). The van der Waals surface area contributed by atoms with Crippen molar-refractivity contribution in [3.63, 3.8) is 0 Å². The molecule has 0 bridgehead atoms. The van der Waals surface area contributed by atoms with Crippen LogP contribution in [0.5, 0.6) is 11.5 Å². The number of hydrogen-bond acceptors (Lipinski definition) is 6. The second kappa shape index (κ2) is 6.79. The monoisotopic (exact) mass is 362 g/mol. The summed E-state index contributed by atoms with van der Waals surface area (Å²) in [6.07, 6.45) is 1.72. The van der Waals surface area contributed by atoms with Gasteiger partial charge in [-0.05, 0) is 41.3 Å². The molecule has 0 saturated heterocycles. The summed E-state index contributed by atoms with van der Waals surface area (Å²) in [4.78, 5) is 8.82. The molecule has 0 saturated carbocycles. The lowest BCUT2D eigenvalue weighted by atomic mass is 9.87. The fourth-order valence-corrected chi connectivity index (χ4v) is 2.79. The smallest absolute Gasteiger partial charge is 0.231 e. The fraction of sp³-hybridized carbons (Fsp3) is 0.238. The van der Waals surface area contributed by atoms with Crippen molar-refractivity contribution in [3.8, 4) is 11.5 Å². The molecular formula is C21H22N4O2. The lowest BCUT2D eigenvalue weighted by Crippen LogP contribution is -2.10. The molecule has 3 aromatic rings. The minimum absolute atomic E-state index is 0.128. The second-order valence-corrected chi connectivity index (χ2v) is 7.41. The van der Waals surface area contributed by atoms with Crippen molar-refractivity contribution in [2.24, 2.45) is 0 Å². The van der Waals surface area contributed by atoms with Gasteiger partial charge in [0.2, 0.25) is 12.7 Å². The molecule has 1 aromatic heterocycles. The zero-order valence-corrected chi connectivity index (χ0v) is 15.6. The van der Waals surface area contributed by atoms with E-state index in [0.29, 0.717) is 11.8 Å². The Morgan fingerprint density at radius 2 is 1.59 bits per heavy atom. The molecule has 0 amide bonds. The molecule has 1 aliphatic rings. The summed E-state index contributed by atoms with van der Waals surface area (Å²) in [6, 6.07) is 15.8. The average Bonchev–Trinajstić information content (AvgIpc) is 3.09. The molecule has 138 valence electrons. The third-order valence-corrected chi connectivity index (χ3v) is 4.31. The Hall–Kier alpha value is -3.28. The van der Waals surface area contributed by atoms with Gasteiger partial charge in [-0.2, -0.15) is 4.98 Å². The van der Waals surface area contributed by atoms with E-state index in [1.54, 1.807) is 6.20 Å². The summed E-state index contributed by atoms with van der Waals surface area (Å²) in [5.74, 6) is 2.71. The van der Waals surface area contributed by atoms with Gasteiger partial charge in [-0.3, -0.25) is 0 Å². The maximum Gasteiger partial charge on any atom is 0.231 e. The van der Waals surface area contributed by atoms with Crippen LogP contribution in [0, 0.1) is 0 Å². The van der Waals surface area contributed by atoms with E-state index in [0.717, 1.165) is 22.9 Å². The number of hydrogen-bond donors (Lipinski definition) is 2. The van der Waals surface area contributed by atoms with Crippen LogP contribution < -0.4 is 20.1 Å². The SMILES string of the molecule is CC(C)(C)c1ccc(Nc2nccc(Nc3ccc4c(c3)OCO4)n2)cc1. The van der Waals surface area contributed by atoms with E-state index >= 15 is 0 Å². The predicted octanol–water partition coefficient (Wildman–Crippen LogP) is 4.99. The van der Waals surface area contributed by atoms with Crippen LogP contribution in [-0.2, 0) is 5.41 Å². The first-order valence-electron chi connectivity index (χ1n) is 8.85. The largest absolute Gasteiger partial charge is 0.454 e. The van der Waals surface area contributed by atoms with Gasteiger partial charge in [-0.25, -0.2) is 4.98 Å². The Balaban J connectivity index is 1.47. The third-order valence-electron chi connectivity index (χ3n) is 4.31. The third kappa shape index (κ3) is 3.95. The molecule has 6 heteroatoms. The van der Waals surface area contributed by atoms with Crippen LogP contribution in [0.3, 0.4) is 0 Å². The standard InChI is InChI=1S/C21H22N4O2/c1-21(2,3)14-4-6-15(7-5-14)24-20-22-11-10-19(25-20)23-16-8-9-17-18(12-16)27-13-26-17/h4-12H,13H2,1-3H3,(H2,22,23,24,25). The Bertz CT molecular complexity index is 949. The van der Waals surface area contributed by atoms with E-state index in [4.69, 9.17) is 9.47 Å². The van der Waals surface area contributed by atoms with Crippen molar-refractivity contribution in [3.05, 3.63) is 60.3 Å². The Morgan fingerprint density at radius 1 is 0.852 bits per heavy atom. The van der Waals surface area contributed by atoms with Gasteiger partial charge in [-0.1, -0.05) is 32.9 Å². The Morgan fingerprint density at radius 3 is 2.37 bits per heavy atom. The summed E-state index contributed by atoms with van der Waals surface area (Å²) in [7, 11) is 0. The Kier molecular flexibility index (Phi) is 4.32. The maximum atomic E-state index is 5.41. The summed E-state index contributed by atoms with van der Waals surface area (Å²) >= 11 is 0. The van der Waals surface area contributed by atoms with Crippen LogP contribution >= 0.6 is 0 Å². The molecule has 27 heavy (non-hydrogen) atoms. The average molecular weight is 362 g/mol. The number of nitrogens with one attached hydrogen (secondary N) is 2. The van der Waals surface area contributed by atoms with E-state index < -0.39 is 0 Å². The minimum atomic E-state index is 0.128. The number of benzene rings is 2. The van der Waals surface area contributed by atoms with Gasteiger partial charge in [-0.15, -0.1) is 0 Å². The van der Waals surface area contributed by atoms with Crippen molar-refractivity contribution in [1.82, 2.24) is 9.97 Å². The normalized spacial score (nSPS) is 12.7. The van der Waals surface area contributed by atoms with Gasteiger partial charge in [0.05, 0.1) is 0 Å². The van der Waals surface area contributed by atoms with E-state index in [1.165, 1.54) is 5.56 Å². The van der Waals surface area contributed by atoms with Crippen LogP contribution in [0.1, 0.15) is 26.3 Å². The predicted molar refractivity (Wildman–Crippen MR) is 106 cm³/mol. The summed E-state index contributed by atoms with van der Waals surface area (Å²) in [5.41, 5.74) is 3.23. The van der Waals surface area contributed by atoms with Crippen LogP contribution in [0.2, 0.25) is 0 Å². The fourth-order valence-electron chi connectivity index (χ4n) is 2.79. The van der Waals surface area contributed by atoms with Crippen molar-refractivity contribution in [2.75, 3.05) is 17.4 Å². The molecule has 0 spiro atoms. The van der Waals surface area contributed by atoms with Gasteiger partial charge < -0.3 is 20.1 Å².